The van der Waals surface area contributed by atoms with Crippen LogP contribution >= 0.6 is 0 Å². The number of alkyl halides is 3. The Balaban J connectivity index is 1.77. The number of pyridine rings is 1. The van der Waals surface area contributed by atoms with Crippen LogP contribution in [0.2, 0.25) is 0 Å². The molecule has 164 valence electrons. The van der Waals surface area contributed by atoms with Crippen molar-refractivity contribution in [2.24, 2.45) is 0 Å². The Morgan fingerprint density at radius 1 is 1.06 bits per heavy atom. The molecule has 0 radical (unpaired) electrons. The number of sulfonamides is 1. The Morgan fingerprint density at radius 2 is 1.77 bits per heavy atom. The van der Waals surface area contributed by atoms with Crippen LogP contribution in [0.15, 0.2) is 48.5 Å². The van der Waals surface area contributed by atoms with Gasteiger partial charge < -0.3 is 5.32 Å². The number of amides is 1. The zero-order chi connectivity index (χ0) is 23.0. The van der Waals surface area contributed by atoms with Gasteiger partial charge in [-0.05, 0) is 55.3 Å². The fraction of sp³-hybridized carbons (Fsp3) is 0.238. The van der Waals surface area contributed by atoms with Crippen molar-refractivity contribution in [1.82, 2.24) is 10.3 Å². The Morgan fingerprint density at radius 3 is 2.39 bits per heavy atom. The quantitative estimate of drug-likeness (QED) is 0.601. The zero-order valence-electron chi connectivity index (χ0n) is 16.9. The van der Waals surface area contributed by atoms with E-state index >= 15 is 0 Å². The predicted molar refractivity (Wildman–Crippen MR) is 112 cm³/mol. The minimum atomic E-state index is -4.54. The monoisotopic (exact) mass is 451 g/mol. The molecular weight excluding hydrogens is 431 g/mol. The number of fused-ring (bicyclic) bond motifs is 1. The molecule has 2 aromatic carbocycles. The predicted octanol–water partition coefficient (Wildman–Crippen LogP) is 4.42. The van der Waals surface area contributed by atoms with Crippen molar-refractivity contribution in [3.05, 3.63) is 70.9 Å². The number of anilines is 1. The van der Waals surface area contributed by atoms with Gasteiger partial charge in [0.15, 0.2) is 0 Å². The number of rotatable bonds is 5. The summed E-state index contributed by atoms with van der Waals surface area (Å²) in [6.07, 6.45) is -3.48. The fourth-order valence-electron chi connectivity index (χ4n) is 3.06. The van der Waals surface area contributed by atoms with Gasteiger partial charge in [0.25, 0.3) is 5.91 Å². The molecule has 0 saturated carbocycles. The third-order valence-electron chi connectivity index (χ3n) is 4.64. The summed E-state index contributed by atoms with van der Waals surface area (Å²) in [7, 11) is -3.40. The van der Waals surface area contributed by atoms with Crippen LogP contribution in [-0.2, 0) is 16.2 Å². The van der Waals surface area contributed by atoms with Gasteiger partial charge >= 0.3 is 6.18 Å². The topological polar surface area (TPSA) is 88.2 Å². The average molecular weight is 451 g/mol. The number of aryl methyl sites for hydroxylation is 1. The van der Waals surface area contributed by atoms with Gasteiger partial charge in [0, 0.05) is 10.9 Å². The summed E-state index contributed by atoms with van der Waals surface area (Å²) in [6, 6.07) is 11.1. The van der Waals surface area contributed by atoms with E-state index in [9.17, 15) is 26.4 Å². The summed E-state index contributed by atoms with van der Waals surface area (Å²) in [4.78, 5) is 16.2. The number of carbonyl (C=O) groups is 1. The van der Waals surface area contributed by atoms with Gasteiger partial charge in [-0.3, -0.25) is 9.52 Å². The summed E-state index contributed by atoms with van der Waals surface area (Å²) >= 11 is 0. The van der Waals surface area contributed by atoms with E-state index in [2.05, 4.69) is 15.0 Å². The Bertz CT molecular complexity index is 1260. The summed E-state index contributed by atoms with van der Waals surface area (Å²) in [5.41, 5.74) is 1.35. The van der Waals surface area contributed by atoms with E-state index in [1.807, 2.05) is 0 Å². The summed E-state index contributed by atoms with van der Waals surface area (Å²) in [5.74, 6) is -0.398. The summed E-state index contributed by atoms with van der Waals surface area (Å²) < 4.78 is 63.6. The van der Waals surface area contributed by atoms with Crippen LogP contribution in [-0.4, -0.2) is 25.6 Å². The van der Waals surface area contributed by atoms with Gasteiger partial charge in [-0.1, -0.05) is 18.2 Å². The largest absolute Gasteiger partial charge is 0.433 e. The second kappa shape index (κ2) is 8.18. The molecule has 1 heterocycles. The van der Waals surface area contributed by atoms with Crippen molar-refractivity contribution in [2.45, 2.75) is 26.1 Å². The number of halogens is 3. The minimum Gasteiger partial charge on any atom is -0.346 e. The molecule has 0 saturated heterocycles. The molecule has 10 heteroatoms. The van der Waals surface area contributed by atoms with Crippen molar-refractivity contribution in [3.63, 3.8) is 0 Å². The number of hydrogen-bond donors (Lipinski definition) is 2. The van der Waals surface area contributed by atoms with E-state index in [-0.39, 0.29) is 17.1 Å². The van der Waals surface area contributed by atoms with Crippen LogP contribution in [0.1, 0.15) is 40.1 Å². The Kier molecular flexibility index (Phi) is 5.95. The van der Waals surface area contributed by atoms with Crippen molar-refractivity contribution < 1.29 is 26.4 Å². The van der Waals surface area contributed by atoms with Crippen LogP contribution in [0.3, 0.4) is 0 Å². The van der Waals surface area contributed by atoms with Gasteiger partial charge in [0.05, 0.1) is 23.5 Å². The van der Waals surface area contributed by atoms with Gasteiger partial charge in [0.1, 0.15) is 5.69 Å². The lowest BCUT2D eigenvalue weighted by Crippen LogP contribution is -2.26. The fourth-order valence-corrected chi connectivity index (χ4v) is 3.69. The van der Waals surface area contributed by atoms with Crippen molar-refractivity contribution in [1.29, 1.82) is 0 Å². The van der Waals surface area contributed by atoms with Gasteiger partial charge in [0.2, 0.25) is 10.0 Å². The first-order valence-corrected chi connectivity index (χ1v) is 11.1. The first kappa shape index (κ1) is 22.5. The van der Waals surface area contributed by atoms with Crippen molar-refractivity contribution >= 4 is 32.5 Å². The highest BCUT2D eigenvalue weighted by atomic mass is 32.2. The Hall–Kier alpha value is -3.14. The van der Waals surface area contributed by atoms with E-state index in [4.69, 9.17) is 0 Å². The number of nitrogens with zero attached hydrogens (tertiary/aromatic N) is 1. The minimum absolute atomic E-state index is 0.143. The molecule has 0 fully saturated rings. The molecule has 2 N–H and O–H groups in total. The molecule has 1 atom stereocenters. The number of benzene rings is 2. The highest BCUT2D eigenvalue weighted by molar-refractivity contribution is 7.92. The molecule has 0 aliphatic carbocycles. The van der Waals surface area contributed by atoms with Crippen LogP contribution < -0.4 is 10.0 Å². The maximum atomic E-state index is 12.8. The molecular formula is C21H20F3N3O3S. The maximum absolute atomic E-state index is 12.8. The summed E-state index contributed by atoms with van der Waals surface area (Å²) in [5, 5.41) is 3.25. The third-order valence-corrected chi connectivity index (χ3v) is 5.23. The van der Waals surface area contributed by atoms with Gasteiger partial charge in [-0.15, -0.1) is 0 Å². The molecule has 0 unspecified atom stereocenters. The lowest BCUT2D eigenvalue weighted by molar-refractivity contribution is -0.140. The van der Waals surface area contributed by atoms with Gasteiger partial charge in [-0.25, -0.2) is 13.4 Å². The lowest BCUT2D eigenvalue weighted by atomic mass is 10.0. The van der Waals surface area contributed by atoms with Crippen molar-refractivity contribution in [3.8, 4) is 0 Å². The summed E-state index contributed by atoms with van der Waals surface area (Å²) in [6.45, 7) is 3.52. The molecule has 1 amide bonds. The second-order valence-corrected chi connectivity index (χ2v) is 8.99. The first-order chi connectivity index (χ1) is 14.3. The number of aromatic nitrogens is 1. The average Bonchev–Trinajstić information content (AvgIpc) is 2.66. The SMILES string of the molecule is Cc1cc([C@H](C)NC(=O)c2ccc3nc(C(F)(F)F)ccc3c2)ccc1NS(C)(=O)=O. The molecule has 0 aliphatic heterocycles. The standard InChI is InChI=1S/C21H20F3N3O3S/c1-12-10-14(4-7-17(12)27-31(3,29)30)13(2)25-20(28)16-5-8-18-15(11-16)6-9-19(26-18)21(22,23)24/h4-11,13,27H,1-3H3,(H,25,28)/t13-/m0/s1. The second-order valence-electron chi connectivity index (χ2n) is 7.25. The van der Waals surface area contributed by atoms with E-state index in [0.717, 1.165) is 17.9 Å². The number of nitrogens with one attached hydrogen (secondary N) is 2. The van der Waals surface area contributed by atoms with E-state index in [1.165, 1.54) is 24.3 Å². The van der Waals surface area contributed by atoms with Gasteiger partial charge in [-0.2, -0.15) is 13.2 Å². The molecule has 1 aromatic heterocycles. The molecule has 3 rings (SSSR count). The molecule has 0 aliphatic rings. The molecule has 3 aromatic rings. The normalized spacial score (nSPS) is 13.1. The van der Waals surface area contributed by atoms with E-state index < -0.39 is 27.8 Å². The van der Waals surface area contributed by atoms with Crippen LogP contribution in [0, 0.1) is 6.92 Å². The number of carbonyl (C=O) groups excluding carboxylic acids is 1. The molecule has 31 heavy (non-hydrogen) atoms. The maximum Gasteiger partial charge on any atom is 0.433 e. The smallest absolute Gasteiger partial charge is 0.346 e. The zero-order valence-corrected chi connectivity index (χ0v) is 17.7. The van der Waals surface area contributed by atoms with E-state index in [0.29, 0.717) is 16.6 Å². The highest BCUT2D eigenvalue weighted by Gasteiger charge is 2.32. The first-order valence-electron chi connectivity index (χ1n) is 9.21. The van der Waals surface area contributed by atoms with Crippen LogP contribution in [0.25, 0.3) is 10.9 Å². The van der Waals surface area contributed by atoms with Crippen molar-refractivity contribution in [2.75, 3.05) is 11.0 Å². The van der Waals surface area contributed by atoms with E-state index in [1.54, 1.807) is 32.0 Å². The van der Waals surface area contributed by atoms with Crippen LogP contribution in [0.4, 0.5) is 18.9 Å². The molecule has 6 nitrogen and oxygen atoms in total. The highest BCUT2D eigenvalue weighted by Crippen LogP contribution is 2.29. The molecule has 0 bridgehead atoms. The van der Waals surface area contributed by atoms with Crippen LogP contribution in [0.5, 0.6) is 0 Å². The number of hydrogen-bond acceptors (Lipinski definition) is 4. The Labute approximate surface area is 177 Å². The third kappa shape index (κ3) is 5.52. The molecule has 0 spiro atoms. The lowest BCUT2D eigenvalue weighted by Gasteiger charge is -2.17.